The van der Waals surface area contributed by atoms with Crippen molar-refractivity contribution in [2.75, 3.05) is 39.4 Å². The summed E-state index contributed by atoms with van der Waals surface area (Å²) in [5.41, 5.74) is 1.28. The Morgan fingerprint density at radius 3 is 2.64 bits per heavy atom. The molecule has 0 bridgehead atoms. The Bertz CT molecular complexity index is 524. The minimum Gasteiger partial charge on any atom is -0.468 e. The van der Waals surface area contributed by atoms with Crippen LogP contribution < -0.4 is 0 Å². The van der Waals surface area contributed by atoms with Gasteiger partial charge in [-0.25, -0.2) is 0 Å². The predicted molar refractivity (Wildman–Crippen MR) is 84.3 cm³/mol. The summed E-state index contributed by atoms with van der Waals surface area (Å²) in [6.07, 6.45) is 5.44. The van der Waals surface area contributed by atoms with Crippen molar-refractivity contribution in [2.45, 2.75) is 13.1 Å². The van der Waals surface area contributed by atoms with E-state index in [0.717, 1.165) is 58.2 Å². The van der Waals surface area contributed by atoms with Gasteiger partial charge < -0.3 is 9.15 Å². The van der Waals surface area contributed by atoms with Crippen molar-refractivity contribution in [3.63, 3.8) is 0 Å². The second-order valence-electron chi connectivity index (χ2n) is 5.60. The Kier molecular flexibility index (Phi) is 5.59. The third kappa shape index (κ3) is 4.66. The zero-order chi connectivity index (χ0) is 15.0. The highest BCUT2D eigenvalue weighted by molar-refractivity contribution is 5.10. The van der Waals surface area contributed by atoms with Gasteiger partial charge in [0.1, 0.15) is 5.76 Å². The first-order valence-electron chi connectivity index (χ1n) is 7.84. The van der Waals surface area contributed by atoms with Crippen molar-refractivity contribution < 1.29 is 9.15 Å². The first-order chi connectivity index (χ1) is 10.9. The van der Waals surface area contributed by atoms with Crippen LogP contribution >= 0.6 is 0 Å². The van der Waals surface area contributed by atoms with Gasteiger partial charge in [0, 0.05) is 45.1 Å². The molecular weight excluding hydrogens is 278 g/mol. The van der Waals surface area contributed by atoms with Crippen molar-refractivity contribution in [2.24, 2.45) is 0 Å². The molecule has 5 nitrogen and oxygen atoms in total. The number of pyridine rings is 1. The van der Waals surface area contributed by atoms with E-state index in [4.69, 9.17) is 9.15 Å². The Hall–Kier alpha value is -1.69. The minimum absolute atomic E-state index is 0.833. The van der Waals surface area contributed by atoms with Crippen LogP contribution in [0.25, 0.3) is 0 Å². The Morgan fingerprint density at radius 1 is 1.09 bits per heavy atom. The number of rotatable bonds is 7. The van der Waals surface area contributed by atoms with E-state index in [1.807, 2.05) is 24.5 Å². The lowest BCUT2D eigenvalue weighted by atomic mass is 10.2. The molecule has 0 aliphatic carbocycles. The van der Waals surface area contributed by atoms with Gasteiger partial charge in [0.05, 0.1) is 26.0 Å². The molecule has 5 heteroatoms. The van der Waals surface area contributed by atoms with Gasteiger partial charge in [-0.15, -0.1) is 0 Å². The summed E-state index contributed by atoms with van der Waals surface area (Å²) in [5, 5.41) is 0. The zero-order valence-electron chi connectivity index (χ0n) is 12.9. The minimum atomic E-state index is 0.833. The number of aromatic nitrogens is 1. The maximum absolute atomic E-state index is 5.51. The Morgan fingerprint density at radius 2 is 1.91 bits per heavy atom. The van der Waals surface area contributed by atoms with Crippen molar-refractivity contribution in [3.8, 4) is 0 Å². The molecule has 2 aromatic rings. The van der Waals surface area contributed by atoms with Gasteiger partial charge in [-0.05, 0) is 29.8 Å². The van der Waals surface area contributed by atoms with Crippen molar-refractivity contribution in [1.29, 1.82) is 0 Å². The molecule has 0 saturated carbocycles. The summed E-state index contributed by atoms with van der Waals surface area (Å²) in [7, 11) is 0. The number of nitrogens with zero attached hydrogens (tertiary/aromatic N) is 3. The molecule has 0 aromatic carbocycles. The van der Waals surface area contributed by atoms with Gasteiger partial charge >= 0.3 is 0 Å². The molecule has 3 heterocycles. The molecule has 0 radical (unpaired) electrons. The van der Waals surface area contributed by atoms with Gasteiger partial charge in [0.2, 0.25) is 0 Å². The fourth-order valence-corrected chi connectivity index (χ4v) is 2.69. The van der Waals surface area contributed by atoms with Crippen LogP contribution in [-0.4, -0.2) is 54.2 Å². The molecule has 1 saturated heterocycles. The highest BCUT2D eigenvalue weighted by Crippen LogP contribution is 2.10. The topological polar surface area (TPSA) is 41.7 Å². The second kappa shape index (κ2) is 8.08. The number of furan rings is 1. The number of hydrogen-bond donors (Lipinski definition) is 0. The zero-order valence-corrected chi connectivity index (χ0v) is 12.9. The third-order valence-electron chi connectivity index (χ3n) is 3.95. The van der Waals surface area contributed by atoms with Gasteiger partial charge in [0.25, 0.3) is 0 Å². The van der Waals surface area contributed by atoms with Crippen LogP contribution in [-0.2, 0) is 17.8 Å². The number of morpholine rings is 1. The average molecular weight is 301 g/mol. The van der Waals surface area contributed by atoms with Crippen LogP contribution in [0.3, 0.4) is 0 Å². The molecule has 118 valence electrons. The first-order valence-corrected chi connectivity index (χ1v) is 7.84. The fourth-order valence-electron chi connectivity index (χ4n) is 2.69. The monoisotopic (exact) mass is 301 g/mol. The summed E-state index contributed by atoms with van der Waals surface area (Å²) in [6.45, 7) is 7.59. The van der Waals surface area contributed by atoms with E-state index in [9.17, 15) is 0 Å². The predicted octanol–water partition coefficient (Wildman–Crippen LogP) is 2.01. The quantitative estimate of drug-likeness (QED) is 0.782. The Balaban J connectivity index is 1.57. The molecule has 2 aromatic heterocycles. The van der Waals surface area contributed by atoms with E-state index < -0.39 is 0 Å². The van der Waals surface area contributed by atoms with E-state index in [0.29, 0.717) is 0 Å². The van der Waals surface area contributed by atoms with Crippen LogP contribution in [0.2, 0.25) is 0 Å². The highest BCUT2D eigenvalue weighted by atomic mass is 16.5. The fraction of sp³-hybridized carbons (Fsp3) is 0.471. The third-order valence-corrected chi connectivity index (χ3v) is 3.95. The standard InChI is InChI=1S/C17H23N3O2/c1-2-17(22-11-1)15-20(14-16-3-5-18-6-4-16)8-7-19-9-12-21-13-10-19/h1-6,11H,7-10,12-15H2. The molecule has 0 amide bonds. The van der Waals surface area contributed by atoms with Crippen LogP contribution in [0, 0.1) is 0 Å². The van der Waals surface area contributed by atoms with Crippen molar-refractivity contribution in [3.05, 3.63) is 54.2 Å². The van der Waals surface area contributed by atoms with E-state index in [-0.39, 0.29) is 0 Å². The lowest BCUT2D eigenvalue weighted by Crippen LogP contribution is -2.41. The van der Waals surface area contributed by atoms with Crippen LogP contribution in [0.5, 0.6) is 0 Å². The maximum Gasteiger partial charge on any atom is 0.117 e. The largest absolute Gasteiger partial charge is 0.468 e. The highest BCUT2D eigenvalue weighted by Gasteiger charge is 2.14. The molecule has 0 spiro atoms. The van der Waals surface area contributed by atoms with Crippen molar-refractivity contribution in [1.82, 2.24) is 14.8 Å². The molecule has 22 heavy (non-hydrogen) atoms. The average Bonchev–Trinajstić information content (AvgIpc) is 3.08. The molecule has 3 rings (SSSR count). The lowest BCUT2D eigenvalue weighted by molar-refractivity contribution is 0.0321. The van der Waals surface area contributed by atoms with Crippen LogP contribution in [0.15, 0.2) is 47.3 Å². The summed E-state index contributed by atoms with van der Waals surface area (Å²) >= 11 is 0. The maximum atomic E-state index is 5.51. The van der Waals surface area contributed by atoms with Gasteiger partial charge in [-0.3, -0.25) is 14.8 Å². The molecule has 1 aliphatic heterocycles. The summed E-state index contributed by atoms with van der Waals surface area (Å²) in [5.74, 6) is 1.01. The SMILES string of the molecule is c1coc(CN(CCN2CCOCC2)Cc2ccncc2)c1. The molecule has 0 unspecified atom stereocenters. The van der Waals surface area contributed by atoms with E-state index in [1.165, 1.54) is 5.56 Å². The molecule has 1 fully saturated rings. The summed E-state index contributed by atoms with van der Waals surface area (Å²) in [6, 6.07) is 8.13. The van der Waals surface area contributed by atoms with Gasteiger partial charge in [-0.2, -0.15) is 0 Å². The van der Waals surface area contributed by atoms with Gasteiger partial charge in [-0.1, -0.05) is 0 Å². The van der Waals surface area contributed by atoms with E-state index in [1.54, 1.807) is 6.26 Å². The molecule has 0 N–H and O–H groups in total. The Labute approximate surface area is 131 Å². The summed E-state index contributed by atoms with van der Waals surface area (Å²) in [4.78, 5) is 8.97. The smallest absolute Gasteiger partial charge is 0.117 e. The molecular formula is C17H23N3O2. The molecule has 0 atom stereocenters. The number of ether oxygens (including phenoxy) is 1. The second-order valence-corrected chi connectivity index (χ2v) is 5.60. The first kappa shape index (κ1) is 15.2. The van der Waals surface area contributed by atoms with Crippen LogP contribution in [0.4, 0.5) is 0 Å². The van der Waals surface area contributed by atoms with Crippen LogP contribution in [0.1, 0.15) is 11.3 Å². The van der Waals surface area contributed by atoms with Crippen molar-refractivity contribution >= 4 is 0 Å². The lowest BCUT2D eigenvalue weighted by Gasteiger charge is -2.29. The van der Waals surface area contributed by atoms with E-state index >= 15 is 0 Å². The summed E-state index contributed by atoms with van der Waals surface area (Å²) < 4.78 is 10.9. The van der Waals surface area contributed by atoms with E-state index in [2.05, 4.69) is 26.9 Å². The molecule has 1 aliphatic rings. The van der Waals surface area contributed by atoms with Gasteiger partial charge in [0.15, 0.2) is 0 Å². The number of hydrogen-bond acceptors (Lipinski definition) is 5. The normalized spacial score (nSPS) is 16.2.